The number of amides is 4. The van der Waals surface area contributed by atoms with Crippen molar-refractivity contribution in [1.29, 1.82) is 0 Å². The van der Waals surface area contributed by atoms with Gasteiger partial charge in [0.2, 0.25) is 23.6 Å². The number of benzene rings is 1. The number of nitrogens with one attached hydrogen (secondary N) is 4. The summed E-state index contributed by atoms with van der Waals surface area (Å²) in [5.41, 5.74) is 17.9. The van der Waals surface area contributed by atoms with Crippen molar-refractivity contribution >= 4 is 41.5 Å². The van der Waals surface area contributed by atoms with Crippen LogP contribution < -0.4 is 38.5 Å². The van der Waals surface area contributed by atoms with Crippen molar-refractivity contribution in [3.63, 3.8) is 0 Å². The molecule has 14 N–H and O–H groups in total. The van der Waals surface area contributed by atoms with E-state index in [1.807, 2.05) is 0 Å². The first-order chi connectivity index (χ1) is 22.6. The molecule has 1 aromatic rings. The fourth-order valence-electron chi connectivity index (χ4n) is 4.11. The van der Waals surface area contributed by atoms with Gasteiger partial charge < -0.3 is 58.9 Å². The van der Waals surface area contributed by atoms with Gasteiger partial charge in [-0.15, -0.1) is 0 Å². The summed E-state index contributed by atoms with van der Waals surface area (Å²) in [6.07, 6.45) is 1.78. The van der Waals surface area contributed by atoms with E-state index < -0.39 is 78.7 Å². The number of carbonyl (C=O) groups excluding carboxylic acids is 4. The van der Waals surface area contributed by atoms with Crippen LogP contribution in [0.25, 0.3) is 0 Å². The Morgan fingerprint density at radius 3 is 1.69 bits per heavy atom. The maximum Gasteiger partial charge on any atom is 0.326 e. The predicted molar refractivity (Wildman–Crippen MR) is 172 cm³/mol. The maximum absolute atomic E-state index is 13.3. The molecule has 1 rings (SSSR count). The number of nitrogens with two attached hydrogens (primary N) is 3. The molecule has 0 radical (unpaired) electrons. The Hall–Kier alpha value is -4.81. The third-order valence-corrected chi connectivity index (χ3v) is 6.59. The summed E-state index contributed by atoms with van der Waals surface area (Å²) in [7, 11) is 0. The van der Waals surface area contributed by atoms with Crippen molar-refractivity contribution in [2.24, 2.45) is 17.2 Å². The second-order valence-electron chi connectivity index (χ2n) is 10.8. The van der Waals surface area contributed by atoms with Crippen LogP contribution in [0.5, 0.6) is 5.75 Å². The van der Waals surface area contributed by atoms with E-state index in [9.17, 15) is 39.0 Å². The molecule has 0 saturated carbocycles. The smallest absolute Gasteiger partial charge is 0.326 e. The lowest BCUT2D eigenvalue weighted by Gasteiger charge is -2.24. The zero-order valence-corrected chi connectivity index (χ0v) is 27.0. The lowest BCUT2D eigenvalue weighted by molar-refractivity contribution is -0.143. The number of aliphatic carboxylic acids is 3. The first kappa shape index (κ1) is 43.2. The fraction of sp³-hybridized carbons (Fsp3) is 0.567. The normalized spacial score (nSPS) is 12.9. The molecule has 4 atom stereocenters. The van der Waals surface area contributed by atoms with Gasteiger partial charge >= 0.3 is 11.9 Å². The molecule has 0 spiro atoms. The summed E-state index contributed by atoms with van der Waals surface area (Å²) >= 11 is 0. The minimum absolute atomic E-state index is 0.0642. The van der Waals surface area contributed by atoms with E-state index in [0.717, 1.165) is 6.92 Å². The number of rotatable bonds is 22. The number of hydrogen-bond donors (Lipinski definition) is 11. The van der Waals surface area contributed by atoms with Crippen LogP contribution in [0.3, 0.4) is 0 Å². The van der Waals surface area contributed by atoms with Crippen molar-refractivity contribution in [3.8, 4) is 5.75 Å². The Bertz CT molecular complexity index is 1190. The predicted octanol–water partition coefficient (Wildman–Crippen LogP) is -1.87. The number of carbonyl (C=O) groups is 7. The lowest BCUT2D eigenvalue weighted by atomic mass is 10.0. The molecule has 18 nitrogen and oxygen atoms in total. The van der Waals surface area contributed by atoms with E-state index in [0.29, 0.717) is 44.3 Å². The van der Waals surface area contributed by atoms with Gasteiger partial charge in [-0.1, -0.05) is 12.1 Å². The molecule has 0 aliphatic heterocycles. The minimum atomic E-state index is -1.46. The molecule has 0 heterocycles. The highest BCUT2D eigenvalue weighted by atomic mass is 16.4. The topological polar surface area (TPSA) is 327 Å². The van der Waals surface area contributed by atoms with E-state index in [-0.39, 0.29) is 31.4 Å². The standard InChI is InChI=1S/C28H45N7O9.C2H4O2/c29-13-3-1-5-20(26(41)32-16-23(37)33-22(28(43)44)11-12-24(38)39)35-27(42)21(6-2-4-14-30)34-25(40)19(31)15-17-7-9-18(36)10-8-17;1-2(3)4/h7-10,19-22,36H,1-6,11-16,29-31H2,(H,32,41)(H,33,37)(H,34,40)(H,35,42)(H,38,39)(H,43,44);1H3,(H,3,4)/t19-,20-,21-,22-;/m0./s1. The Balaban J connectivity index is 0.00000520. The van der Waals surface area contributed by atoms with Crippen LogP contribution in [0.2, 0.25) is 0 Å². The van der Waals surface area contributed by atoms with Crippen LogP contribution in [0.1, 0.15) is 63.9 Å². The molecule has 0 aromatic heterocycles. The third kappa shape index (κ3) is 20.3. The van der Waals surface area contributed by atoms with Gasteiger partial charge in [-0.2, -0.15) is 0 Å². The summed E-state index contributed by atoms with van der Waals surface area (Å²) in [6, 6.07) is 1.55. The summed E-state index contributed by atoms with van der Waals surface area (Å²) < 4.78 is 0. The van der Waals surface area contributed by atoms with Gasteiger partial charge in [0, 0.05) is 13.3 Å². The molecule has 18 heteroatoms. The van der Waals surface area contributed by atoms with Crippen molar-refractivity contribution < 1.29 is 54.0 Å². The van der Waals surface area contributed by atoms with Crippen molar-refractivity contribution in [3.05, 3.63) is 29.8 Å². The number of aromatic hydroxyl groups is 1. The molecule has 1 aromatic carbocycles. The molecular formula is C30H49N7O11. The molecule has 48 heavy (non-hydrogen) atoms. The van der Waals surface area contributed by atoms with E-state index >= 15 is 0 Å². The van der Waals surface area contributed by atoms with Crippen molar-refractivity contribution in [2.45, 2.75) is 88.9 Å². The SMILES string of the molecule is CC(=O)O.NCCCC[C@H](NC(=O)[C@H](CCCCN)NC(=O)[C@@H](N)Cc1ccc(O)cc1)C(=O)NCC(=O)N[C@@H](CCC(=O)O)C(=O)O. The van der Waals surface area contributed by atoms with Crippen LogP contribution in [0.15, 0.2) is 24.3 Å². The molecule has 0 unspecified atom stereocenters. The zero-order chi connectivity index (χ0) is 36.6. The van der Waals surface area contributed by atoms with Gasteiger partial charge in [0.15, 0.2) is 0 Å². The molecule has 0 fully saturated rings. The average Bonchev–Trinajstić information content (AvgIpc) is 3.01. The summed E-state index contributed by atoms with van der Waals surface area (Å²) in [5.74, 6) is -6.26. The van der Waals surface area contributed by atoms with Crippen LogP contribution in [0, 0.1) is 0 Å². The minimum Gasteiger partial charge on any atom is -0.508 e. The van der Waals surface area contributed by atoms with Gasteiger partial charge in [-0.05, 0) is 82.2 Å². The van der Waals surface area contributed by atoms with Gasteiger partial charge in [-0.3, -0.25) is 28.8 Å². The molecule has 0 saturated heterocycles. The molecule has 270 valence electrons. The largest absolute Gasteiger partial charge is 0.508 e. The quantitative estimate of drug-likeness (QED) is 0.0597. The average molecular weight is 684 g/mol. The van der Waals surface area contributed by atoms with Crippen LogP contribution in [-0.2, 0) is 40.0 Å². The second-order valence-corrected chi connectivity index (χ2v) is 10.8. The van der Waals surface area contributed by atoms with Crippen LogP contribution in [-0.4, -0.2) is 106 Å². The summed E-state index contributed by atoms with van der Waals surface area (Å²) in [6.45, 7) is 1.17. The zero-order valence-electron chi connectivity index (χ0n) is 27.0. The molecule has 0 bridgehead atoms. The highest BCUT2D eigenvalue weighted by Gasteiger charge is 2.28. The highest BCUT2D eigenvalue weighted by Crippen LogP contribution is 2.11. The Kier molecular flexibility index (Phi) is 21.9. The van der Waals surface area contributed by atoms with Crippen molar-refractivity contribution in [1.82, 2.24) is 21.3 Å². The van der Waals surface area contributed by atoms with E-state index in [4.69, 9.17) is 32.2 Å². The number of phenolic OH excluding ortho intramolecular Hbond substituents is 1. The number of unbranched alkanes of at least 4 members (excludes halogenated alkanes) is 2. The van der Waals surface area contributed by atoms with E-state index in [2.05, 4.69) is 21.3 Å². The number of carboxylic acid groups (broad SMARTS) is 3. The van der Waals surface area contributed by atoms with E-state index in [1.54, 1.807) is 12.1 Å². The Labute approximate surface area is 278 Å². The lowest BCUT2D eigenvalue weighted by Crippen LogP contribution is -2.56. The maximum atomic E-state index is 13.3. The molecule has 0 aliphatic carbocycles. The number of carboxylic acids is 3. The van der Waals surface area contributed by atoms with E-state index in [1.165, 1.54) is 12.1 Å². The Morgan fingerprint density at radius 1 is 0.708 bits per heavy atom. The molecule has 0 aliphatic rings. The fourth-order valence-corrected chi connectivity index (χ4v) is 4.11. The number of hydrogen-bond acceptors (Lipinski definition) is 11. The Morgan fingerprint density at radius 2 is 1.21 bits per heavy atom. The highest BCUT2D eigenvalue weighted by molar-refractivity contribution is 5.94. The monoisotopic (exact) mass is 683 g/mol. The summed E-state index contributed by atoms with van der Waals surface area (Å²) in [5, 5.41) is 44.6. The first-order valence-electron chi connectivity index (χ1n) is 15.4. The van der Waals surface area contributed by atoms with Crippen molar-refractivity contribution in [2.75, 3.05) is 19.6 Å². The van der Waals surface area contributed by atoms with Crippen LogP contribution >= 0.6 is 0 Å². The van der Waals surface area contributed by atoms with Crippen LogP contribution in [0.4, 0.5) is 0 Å². The number of phenols is 1. The van der Waals surface area contributed by atoms with Gasteiger partial charge in [-0.25, -0.2) is 4.79 Å². The first-order valence-corrected chi connectivity index (χ1v) is 15.4. The molecule has 4 amide bonds. The third-order valence-electron chi connectivity index (χ3n) is 6.59. The summed E-state index contributed by atoms with van der Waals surface area (Å²) in [4.78, 5) is 82.5. The van der Waals surface area contributed by atoms with Gasteiger partial charge in [0.1, 0.15) is 23.9 Å². The second kappa shape index (κ2) is 24.4. The molecular weight excluding hydrogens is 634 g/mol. The van der Waals surface area contributed by atoms with Gasteiger partial charge in [0.25, 0.3) is 5.97 Å². The van der Waals surface area contributed by atoms with Gasteiger partial charge in [0.05, 0.1) is 12.6 Å².